The Morgan fingerprint density at radius 2 is 1.85 bits per heavy atom. The van der Waals surface area contributed by atoms with Gasteiger partial charge in [0.15, 0.2) is 0 Å². The number of carboxylic acid groups (broad SMARTS) is 1. The molecule has 0 saturated carbocycles. The van der Waals surface area contributed by atoms with Crippen molar-refractivity contribution in [2.45, 2.75) is 19.8 Å². The normalized spacial score (nSPS) is 16.9. The fraction of sp³-hybridized carbons (Fsp3) is 0.467. The Bertz CT molecular complexity index is 476. The predicted octanol–water partition coefficient (Wildman–Crippen LogP) is 2.06. The van der Waals surface area contributed by atoms with Gasteiger partial charge >= 0.3 is 5.97 Å². The van der Waals surface area contributed by atoms with Crippen molar-refractivity contribution in [1.82, 2.24) is 4.90 Å². The van der Waals surface area contributed by atoms with Crippen LogP contribution in [0.3, 0.4) is 0 Å². The van der Waals surface area contributed by atoms with Crippen LogP contribution in [-0.4, -0.2) is 41.5 Å². The molecule has 2 rings (SSSR count). The molecule has 0 spiro atoms. The van der Waals surface area contributed by atoms with Gasteiger partial charge < -0.3 is 15.3 Å². The molecule has 1 aromatic carbocycles. The molecule has 0 atom stereocenters. The molecule has 1 aromatic rings. The zero-order valence-electron chi connectivity index (χ0n) is 11.6. The van der Waals surface area contributed by atoms with E-state index < -0.39 is 5.97 Å². The second kappa shape index (κ2) is 6.52. The summed E-state index contributed by atoms with van der Waals surface area (Å²) in [5, 5.41) is 11.7. The second-order valence-corrected chi connectivity index (χ2v) is 5.08. The third-order valence-corrected chi connectivity index (χ3v) is 3.80. The number of likely N-dealkylation sites (tertiary alicyclic amines) is 1. The van der Waals surface area contributed by atoms with Crippen LogP contribution in [0, 0.1) is 5.92 Å². The van der Waals surface area contributed by atoms with Crippen molar-refractivity contribution in [3.63, 3.8) is 0 Å². The number of carbonyl (C=O) groups is 2. The van der Waals surface area contributed by atoms with E-state index >= 15 is 0 Å². The van der Waals surface area contributed by atoms with E-state index in [0.717, 1.165) is 32.5 Å². The van der Waals surface area contributed by atoms with Crippen molar-refractivity contribution < 1.29 is 14.7 Å². The standard InChI is InChI=1S/C15H20N2O3/c1-2-17-9-7-11(8-10-17)14(18)16-13-5-3-12(4-6-13)15(19)20/h3-6,11H,2,7-10H2,1H3,(H,16,18)(H,19,20). The van der Waals surface area contributed by atoms with Gasteiger partial charge in [0.25, 0.3) is 0 Å². The van der Waals surface area contributed by atoms with Gasteiger partial charge in [-0.15, -0.1) is 0 Å². The number of rotatable bonds is 4. The van der Waals surface area contributed by atoms with Gasteiger partial charge in [-0.2, -0.15) is 0 Å². The molecule has 0 aliphatic carbocycles. The maximum absolute atomic E-state index is 12.1. The highest BCUT2D eigenvalue weighted by Crippen LogP contribution is 2.19. The van der Waals surface area contributed by atoms with Crippen LogP contribution < -0.4 is 5.32 Å². The number of anilines is 1. The zero-order valence-corrected chi connectivity index (χ0v) is 11.6. The van der Waals surface area contributed by atoms with Gasteiger partial charge in [0, 0.05) is 11.6 Å². The summed E-state index contributed by atoms with van der Waals surface area (Å²) in [6.07, 6.45) is 1.76. The Morgan fingerprint density at radius 3 is 2.35 bits per heavy atom. The van der Waals surface area contributed by atoms with Gasteiger partial charge in [-0.1, -0.05) is 6.92 Å². The highest BCUT2D eigenvalue weighted by Gasteiger charge is 2.24. The first-order chi connectivity index (χ1) is 9.60. The third kappa shape index (κ3) is 3.57. The molecule has 1 amide bonds. The average molecular weight is 276 g/mol. The van der Waals surface area contributed by atoms with Crippen molar-refractivity contribution in [2.24, 2.45) is 5.92 Å². The summed E-state index contributed by atoms with van der Waals surface area (Å²) >= 11 is 0. The molecule has 1 aliphatic rings. The van der Waals surface area contributed by atoms with Crippen LogP contribution in [0.2, 0.25) is 0 Å². The summed E-state index contributed by atoms with van der Waals surface area (Å²) in [6.45, 7) is 5.09. The largest absolute Gasteiger partial charge is 0.478 e. The topological polar surface area (TPSA) is 69.6 Å². The third-order valence-electron chi connectivity index (χ3n) is 3.80. The molecule has 1 saturated heterocycles. The van der Waals surface area contributed by atoms with Gasteiger partial charge in [0.05, 0.1) is 5.56 Å². The zero-order chi connectivity index (χ0) is 14.5. The van der Waals surface area contributed by atoms with Crippen LogP contribution in [0.4, 0.5) is 5.69 Å². The van der Waals surface area contributed by atoms with E-state index in [1.807, 2.05) is 0 Å². The lowest BCUT2D eigenvalue weighted by atomic mass is 9.96. The first kappa shape index (κ1) is 14.5. The summed E-state index contributed by atoms with van der Waals surface area (Å²) in [5.74, 6) is -0.879. The molecular weight excluding hydrogens is 256 g/mol. The summed E-state index contributed by atoms with van der Waals surface area (Å²) in [4.78, 5) is 25.2. The van der Waals surface area contributed by atoms with E-state index in [2.05, 4.69) is 17.1 Å². The Kier molecular flexibility index (Phi) is 4.74. The number of carboxylic acids is 1. The van der Waals surface area contributed by atoms with Gasteiger partial charge in [-0.3, -0.25) is 4.79 Å². The fourth-order valence-electron chi connectivity index (χ4n) is 2.45. The van der Waals surface area contributed by atoms with Crippen molar-refractivity contribution >= 4 is 17.6 Å². The Balaban J connectivity index is 1.90. The molecule has 0 aromatic heterocycles. The number of aromatic carboxylic acids is 1. The molecule has 1 heterocycles. The molecule has 0 unspecified atom stereocenters. The molecule has 0 radical (unpaired) electrons. The number of nitrogens with one attached hydrogen (secondary N) is 1. The van der Waals surface area contributed by atoms with E-state index in [0.29, 0.717) is 5.69 Å². The number of nitrogens with zero attached hydrogens (tertiary/aromatic N) is 1. The number of piperidine rings is 1. The van der Waals surface area contributed by atoms with Crippen molar-refractivity contribution in [2.75, 3.05) is 25.0 Å². The molecule has 20 heavy (non-hydrogen) atoms. The summed E-state index contributed by atoms with van der Waals surface area (Å²) < 4.78 is 0. The van der Waals surface area contributed by atoms with Crippen LogP contribution in [0.25, 0.3) is 0 Å². The smallest absolute Gasteiger partial charge is 0.335 e. The first-order valence-electron chi connectivity index (χ1n) is 6.96. The Hall–Kier alpha value is -1.88. The number of hydrogen-bond donors (Lipinski definition) is 2. The van der Waals surface area contributed by atoms with Crippen LogP contribution in [0.1, 0.15) is 30.1 Å². The van der Waals surface area contributed by atoms with Gasteiger partial charge in [0.2, 0.25) is 5.91 Å². The quantitative estimate of drug-likeness (QED) is 0.883. The van der Waals surface area contributed by atoms with E-state index in [1.165, 1.54) is 12.1 Å². The lowest BCUT2D eigenvalue weighted by Crippen LogP contribution is -2.37. The first-order valence-corrected chi connectivity index (χ1v) is 6.96. The monoisotopic (exact) mass is 276 g/mol. The minimum absolute atomic E-state index is 0.0313. The number of amides is 1. The minimum atomic E-state index is -0.963. The van der Waals surface area contributed by atoms with Crippen LogP contribution in [0.15, 0.2) is 24.3 Å². The molecule has 2 N–H and O–H groups in total. The van der Waals surface area contributed by atoms with E-state index in [9.17, 15) is 9.59 Å². The van der Waals surface area contributed by atoms with Gasteiger partial charge in [-0.05, 0) is 56.7 Å². The van der Waals surface area contributed by atoms with Crippen LogP contribution >= 0.6 is 0 Å². The van der Waals surface area contributed by atoms with Crippen molar-refractivity contribution in [3.05, 3.63) is 29.8 Å². The highest BCUT2D eigenvalue weighted by molar-refractivity contribution is 5.93. The molecule has 108 valence electrons. The Morgan fingerprint density at radius 1 is 1.25 bits per heavy atom. The number of benzene rings is 1. The van der Waals surface area contributed by atoms with Crippen molar-refractivity contribution in [1.29, 1.82) is 0 Å². The maximum atomic E-state index is 12.1. The molecule has 5 heteroatoms. The maximum Gasteiger partial charge on any atom is 0.335 e. The second-order valence-electron chi connectivity index (χ2n) is 5.08. The van der Waals surface area contributed by atoms with Crippen LogP contribution in [0.5, 0.6) is 0 Å². The molecule has 5 nitrogen and oxygen atoms in total. The summed E-state index contributed by atoms with van der Waals surface area (Å²) in [7, 11) is 0. The van der Waals surface area contributed by atoms with Gasteiger partial charge in [0.1, 0.15) is 0 Å². The molecule has 0 bridgehead atoms. The minimum Gasteiger partial charge on any atom is -0.478 e. The van der Waals surface area contributed by atoms with E-state index in [1.54, 1.807) is 12.1 Å². The molecule has 1 fully saturated rings. The lowest BCUT2D eigenvalue weighted by molar-refractivity contribution is -0.121. The summed E-state index contributed by atoms with van der Waals surface area (Å²) in [5.41, 5.74) is 0.872. The highest BCUT2D eigenvalue weighted by atomic mass is 16.4. The van der Waals surface area contributed by atoms with E-state index in [-0.39, 0.29) is 17.4 Å². The van der Waals surface area contributed by atoms with Crippen LogP contribution in [-0.2, 0) is 4.79 Å². The fourth-order valence-corrected chi connectivity index (χ4v) is 2.45. The Labute approximate surface area is 118 Å². The van der Waals surface area contributed by atoms with E-state index in [4.69, 9.17) is 5.11 Å². The number of hydrogen-bond acceptors (Lipinski definition) is 3. The lowest BCUT2D eigenvalue weighted by Gasteiger charge is -2.30. The van der Waals surface area contributed by atoms with Crippen molar-refractivity contribution in [3.8, 4) is 0 Å². The molecular formula is C15H20N2O3. The van der Waals surface area contributed by atoms with Gasteiger partial charge in [-0.25, -0.2) is 4.79 Å². The number of carbonyl (C=O) groups excluding carboxylic acids is 1. The SMILES string of the molecule is CCN1CCC(C(=O)Nc2ccc(C(=O)O)cc2)CC1. The average Bonchev–Trinajstić information content (AvgIpc) is 2.48. The summed E-state index contributed by atoms with van der Waals surface area (Å²) in [6, 6.07) is 6.25. The predicted molar refractivity (Wildman–Crippen MR) is 76.9 cm³/mol. The molecule has 1 aliphatic heterocycles.